The Bertz CT molecular complexity index is 1190. The Morgan fingerprint density at radius 3 is 2.47 bits per heavy atom. The van der Waals surface area contributed by atoms with Crippen molar-refractivity contribution in [1.82, 2.24) is 9.80 Å². The van der Waals surface area contributed by atoms with Crippen LogP contribution in [0.3, 0.4) is 0 Å². The summed E-state index contributed by atoms with van der Waals surface area (Å²) in [6.07, 6.45) is 0.0279. The number of carbonyl (C=O) groups excluding carboxylic acids is 3. The molecule has 2 aromatic rings. The maximum absolute atomic E-state index is 13.5. The fourth-order valence-corrected chi connectivity index (χ4v) is 5.03. The third-order valence-electron chi connectivity index (χ3n) is 6.21. The van der Waals surface area contributed by atoms with Gasteiger partial charge in [-0.05, 0) is 39.3 Å². The summed E-state index contributed by atoms with van der Waals surface area (Å²) in [5.41, 5.74) is -0.461. The Balaban J connectivity index is 1.51. The molecule has 0 radical (unpaired) electrons. The number of piperazine rings is 1. The smallest absolute Gasteiger partial charge is 0.410 e. The number of nitro groups is 1. The Kier molecular flexibility index (Phi) is 4.20. The van der Waals surface area contributed by atoms with Crippen LogP contribution >= 0.6 is 0 Å². The van der Waals surface area contributed by atoms with Crippen molar-refractivity contribution in [3.8, 4) is 0 Å². The van der Waals surface area contributed by atoms with Gasteiger partial charge in [0, 0.05) is 18.0 Å². The highest BCUT2D eigenvalue weighted by atomic mass is 16.6. The van der Waals surface area contributed by atoms with Gasteiger partial charge in [0.05, 0.1) is 28.1 Å². The van der Waals surface area contributed by atoms with E-state index in [-0.39, 0.29) is 11.7 Å². The number of ether oxygens (including phenoxy) is 1. The molecule has 0 N–H and O–H groups in total. The summed E-state index contributed by atoms with van der Waals surface area (Å²) in [4.78, 5) is 54.6. The van der Waals surface area contributed by atoms with Crippen LogP contribution in [0.2, 0.25) is 0 Å². The molecule has 2 aromatic carbocycles. The third-order valence-corrected chi connectivity index (χ3v) is 6.21. The number of rotatable bonds is 2. The van der Waals surface area contributed by atoms with Crippen molar-refractivity contribution in [2.45, 2.75) is 50.9 Å². The highest BCUT2D eigenvalue weighted by Gasteiger charge is 2.63. The predicted octanol–water partition coefficient (Wildman–Crippen LogP) is 3.28. The van der Waals surface area contributed by atoms with Crippen LogP contribution in [-0.4, -0.2) is 63.0 Å². The second-order valence-electron chi connectivity index (χ2n) is 9.30. The van der Waals surface area contributed by atoms with Crippen LogP contribution in [0.25, 0.3) is 10.8 Å². The first-order chi connectivity index (χ1) is 15.1. The molecule has 166 valence electrons. The fourth-order valence-electron chi connectivity index (χ4n) is 5.03. The first-order valence-electron chi connectivity index (χ1n) is 10.4. The molecule has 0 spiro atoms. The maximum atomic E-state index is 13.5. The van der Waals surface area contributed by atoms with E-state index in [9.17, 15) is 24.5 Å². The number of hydrogen-bond donors (Lipinski definition) is 0. The van der Waals surface area contributed by atoms with Crippen LogP contribution in [0.1, 0.15) is 27.2 Å². The van der Waals surface area contributed by atoms with Gasteiger partial charge in [0.25, 0.3) is 11.6 Å². The van der Waals surface area contributed by atoms with E-state index in [1.165, 1.54) is 12.1 Å². The SMILES string of the molecule is CC(C)(C)OC(=O)N1C[C@@H]2C[C@H]1[C@@H]1C(=O)N(c3ccc([N+](=O)[O-])c4ccccc34)C(=O)N21. The Hall–Kier alpha value is -3.69. The first kappa shape index (κ1) is 20.2. The Morgan fingerprint density at radius 1 is 1.12 bits per heavy atom. The lowest BCUT2D eigenvalue weighted by molar-refractivity contribution is -0.383. The van der Waals surface area contributed by atoms with E-state index in [4.69, 9.17) is 4.74 Å². The average molecular weight is 438 g/mol. The zero-order valence-electron chi connectivity index (χ0n) is 17.8. The van der Waals surface area contributed by atoms with Crippen molar-refractivity contribution in [1.29, 1.82) is 0 Å². The summed E-state index contributed by atoms with van der Waals surface area (Å²) in [7, 11) is 0. The lowest BCUT2D eigenvalue weighted by Gasteiger charge is -2.35. The number of amides is 4. The molecular weight excluding hydrogens is 416 g/mol. The van der Waals surface area contributed by atoms with Gasteiger partial charge in [-0.3, -0.25) is 14.9 Å². The standard InChI is InChI=1S/C22H22N4O6/c1-22(2,3)32-21(29)23-11-12-10-17(23)18-19(27)25(20(28)24(12)18)15-8-9-16(26(30)31)14-7-5-4-6-13(14)15/h4-9,12,17-18H,10-11H2,1-3H3/t12-,17-,18+/m0/s1. The van der Waals surface area contributed by atoms with E-state index in [0.717, 1.165) is 4.90 Å². The van der Waals surface area contributed by atoms with Gasteiger partial charge < -0.3 is 14.5 Å². The van der Waals surface area contributed by atoms with Gasteiger partial charge in [0.2, 0.25) is 0 Å². The monoisotopic (exact) mass is 438 g/mol. The van der Waals surface area contributed by atoms with Gasteiger partial charge in [-0.25, -0.2) is 14.5 Å². The number of anilines is 1. The number of benzene rings is 2. The summed E-state index contributed by atoms with van der Waals surface area (Å²) in [6.45, 7) is 5.63. The molecule has 0 aromatic heterocycles. The topological polar surface area (TPSA) is 113 Å². The van der Waals surface area contributed by atoms with Gasteiger partial charge >= 0.3 is 12.1 Å². The summed E-state index contributed by atoms with van der Waals surface area (Å²) < 4.78 is 5.48. The molecule has 2 bridgehead atoms. The summed E-state index contributed by atoms with van der Waals surface area (Å²) in [6, 6.07) is 7.39. The zero-order chi connectivity index (χ0) is 22.9. The van der Waals surface area contributed by atoms with E-state index in [1.807, 2.05) is 0 Å². The van der Waals surface area contributed by atoms with Crippen LogP contribution in [0.15, 0.2) is 36.4 Å². The van der Waals surface area contributed by atoms with Gasteiger partial charge in [0.1, 0.15) is 11.6 Å². The number of nitro benzene ring substituents is 1. The van der Waals surface area contributed by atoms with Crippen molar-refractivity contribution >= 4 is 40.2 Å². The predicted molar refractivity (Wildman–Crippen MR) is 114 cm³/mol. The zero-order valence-corrected chi connectivity index (χ0v) is 17.8. The van der Waals surface area contributed by atoms with Crippen molar-refractivity contribution in [3.05, 3.63) is 46.5 Å². The van der Waals surface area contributed by atoms with Crippen LogP contribution < -0.4 is 4.90 Å². The number of carbonyl (C=O) groups is 3. The second-order valence-corrected chi connectivity index (χ2v) is 9.30. The van der Waals surface area contributed by atoms with E-state index in [2.05, 4.69) is 0 Å². The largest absolute Gasteiger partial charge is 0.444 e. The van der Waals surface area contributed by atoms with E-state index >= 15 is 0 Å². The number of likely N-dealkylation sites (tertiary alicyclic amines) is 1. The molecule has 3 atom stereocenters. The number of imide groups is 1. The third kappa shape index (κ3) is 2.82. The molecule has 0 unspecified atom stereocenters. The van der Waals surface area contributed by atoms with Crippen LogP contribution in [0, 0.1) is 10.1 Å². The summed E-state index contributed by atoms with van der Waals surface area (Å²) in [5.74, 6) is -0.435. The second kappa shape index (κ2) is 6.65. The van der Waals surface area contributed by atoms with Gasteiger partial charge in [-0.2, -0.15) is 0 Å². The molecule has 5 rings (SSSR count). The molecule has 3 fully saturated rings. The summed E-state index contributed by atoms with van der Waals surface area (Å²) in [5, 5.41) is 12.2. The highest BCUT2D eigenvalue weighted by Crippen LogP contribution is 2.44. The van der Waals surface area contributed by atoms with E-state index < -0.39 is 40.6 Å². The lowest BCUT2D eigenvalue weighted by atomic mass is 10.0. The molecular formula is C22H22N4O6. The molecule has 10 heteroatoms. The molecule has 32 heavy (non-hydrogen) atoms. The van der Waals surface area contributed by atoms with Crippen LogP contribution in [0.5, 0.6) is 0 Å². The molecule has 3 heterocycles. The quantitative estimate of drug-likeness (QED) is 0.404. The molecule has 0 aliphatic carbocycles. The van der Waals surface area contributed by atoms with Crippen molar-refractivity contribution in [2.75, 3.05) is 11.4 Å². The molecule has 3 saturated heterocycles. The van der Waals surface area contributed by atoms with Gasteiger partial charge in [0.15, 0.2) is 0 Å². The highest BCUT2D eigenvalue weighted by molar-refractivity contribution is 6.25. The fraction of sp³-hybridized carbons (Fsp3) is 0.409. The number of fused-ring (bicyclic) bond motifs is 6. The minimum atomic E-state index is -0.789. The van der Waals surface area contributed by atoms with Gasteiger partial charge in [-0.15, -0.1) is 0 Å². The maximum Gasteiger partial charge on any atom is 0.410 e. The molecule has 4 amide bonds. The molecule has 10 nitrogen and oxygen atoms in total. The van der Waals surface area contributed by atoms with Gasteiger partial charge in [-0.1, -0.05) is 18.2 Å². The molecule has 0 saturated carbocycles. The normalized spacial score (nSPS) is 24.5. The minimum Gasteiger partial charge on any atom is -0.444 e. The average Bonchev–Trinajstić information content (AvgIpc) is 3.37. The number of nitrogens with zero attached hydrogens (tertiary/aromatic N) is 4. The Morgan fingerprint density at radius 2 is 1.81 bits per heavy atom. The first-order valence-corrected chi connectivity index (χ1v) is 10.4. The van der Waals surface area contributed by atoms with E-state index in [0.29, 0.717) is 29.4 Å². The summed E-state index contributed by atoms with van der Waals surface area (Å²) >= 11 is 0. The lowest BCUT2D eigenvalue weighted by Crippen LogP contribution is -2.55. The Labute approximate surface area is 183 Å². The van der Waals surface area contributed by atoms with Crippen molar-refractivity contribution < 1.29 is 24.0 Å². The van der Waals surface area contributed by atoms with Crippen LogP contribution in [0.4, 0.5) is 21.0 Å². The van der Waals surface area contributed by atoms with Crippen LogP contribution in [-0.2, 0) is 9.53 Å². The minimum absolute atomic E-state index is 0.0971. The number of urea groups is 1. The number of hydrogen-bond acceptors (Lipinski definition) is 6. The number of non-ortho nitro benzene ring substituents is 1. The van der Waals surface area contributed by atoms with E-state index in [1.54, 1.807) is 54.8 Å². The molecule has 3 aliphatic rings. The van der Waals surface area contributed by atoms with Crippen molar-refractivity contribution in [3.63, 3.8) is 0 Å². The molecule has 3 aliphatic heterocycles. The van der Waals surface area contributed by atoms with Crippen molar-refractivity contribution in [2.24, 2.45) is 0 Å².